The lowest BCUT2D eigenvalue weighted by atomic mass is 10.2. The molecule has 0 aromatic carbocycles. The number of anilines is 2. The SMILES string of the molecule is C=C/C=C(\C=C)COC(=O)N1CC(=O)N(CC2CO2)c2nc(OC)ccc21. The lowest BCUT2D eigenvalue weighted by Crippen LogP contribution is -2.50. The first-order valence-corrected chi connectivity index (χ1v) is 8.42. The van der Waals surface area contributed by atoms with Gasteiger partial charge in [-0.2, -0.15) is 4.98 Å². The largest absolute Gasteiger partial charge is 0.481 e. The van der Waals surface area contributed by atoms with Gasteiger partial charge in [0.05, 0.1) is 32.1 Å². The smallest absolute Gasteiger partial charge is 0.415 e. The van der Waals surface area contributed by atoms with Crippen LogP contribution in [0.1, 0.15) is 0 Å². The Morgan fingerprint density at radius 2 is 2.22 bits per heavy atom. The highest BCUT2D eigenvalue weighted by Crippen LogP contribution is 2.35. The number of methoxy groups -OCH3 is 1. The van der Waals surface area contributed by atoms with Crippen molar-refractivity contribution in [3.8, 4) is 5.88 Å². The molecule has 2 aliphatic rings. The molecule has 1 atom stereocenters. The molecule has 2 aliphatic heterocycles. The number of aromatic nitrogens is 1. The fourth-order valence-corrected chi connectivity index (χ4v) is 2.65. The van der Waals surface area contributed by atoms with E-state index in [0.29, 0.717) is 36.1 Å². The van der Waals surface area contributed by atoms with E-state index in [1.807, 2.05) is 0 Å². The maximum Gasteiger partial charge on any atom is 0.415 e. The van der Waals surface area contributed by atoms with Crippen molar-refractivity contribution >= 4 is 23.5 Å². The van der Waals surface area contributed by atoms with Gasteiger partial charge in [-0.05, 0) is 11.6 Å². The van der Waals surface area contributed by atoms with E-state index < -0.39 is 6.09 Å². The lowest BCUT2D eigenvalue weighted by Gasteiger charge is -2.34. The molecule has 142 valence electrons. The van der Waals surface area contributed by atoms with Crippen molar-refractivity contribution in [2.45, 2.75) is 6.10 Å². The van der Waals surface area contributed by atoms with Gasteiger partial charge in [0.2, 0.25) is 11.8 Å². The first kappa shape index (κ1) is 18.7. The zero-order valence-electron chi connectivity index (χ0n) is 15.1. The van der Waals surface area contributed by atoms with Crippen LogP contribution in [0.25, 0.3) is 0 Å². The van der Waals surface area contributed by atoms with Crippen LogP contribution in [-0.4, -0.2) is 56.5 Å². The zero-order valence-corrected chi connectivity index (χ0v) is 15.1. The summed E-state index contributed by atoms with van der Waals surface area (Å²) in [5.74, 6) is 0.436. The van der Waals surface area contributed by atoms with Gasteiger partial charge in [-0.25, -0.2) is 4.79 Å². The van der Waals surface area contributed by atoms with Crippen molar-refractivity contribution in [3.63, 3.8) is 0 Å². The molecule has 1 aromatic heterocycles. The fraction of sp³-hybridized carbons (Fsp3) is 0.316. The van der Waals surface area contributed by atoms with Gasteiger partial charge in [-0.15, -0.1) is 0 Å². The molecular weight excluding hydrogens is 350 g/mol. The van der Waals surface area contributed by atoms with Crippen LogP contribution in [-0.2, 0) is 14.3 Å². The van der Waals surface area contributed by atoms with Gasteiger partial charge in [0, 0.05) is 6.07 Å². The lowest BCUT2D eigenvalue weighted by molar-refractivity contribution is -0.117. The molecule has 3 rings (SSSR count). The summed E-state index contributed by atoms with van der Waals surface area (Å²) in [7, 11) is 1.49. The number of ether oxygens (including phenoxy) is 3. The van der Waals surface area contributed by atoms with E-state index in [1.54, 1.807) is 30.4 Å². The molecule has 0 saturated carbocycles. The van der Waals surface area contributed by atoms with Gasteiger partial charge < -0.3 is 14.2 Å². The van der Waals surface area contributed by atoms with E-state index >= 15 is 0 Å². The number of amides is 2. The molecule has 1 fully saturated rings. The number of pyridine rings is 1. The summed E-state index contributed by atoms with van der Waals surface area (Å²) in [4.78, 5) is 32.4. The van der Waals surface area contributed by atoms with Crippen LogP contribution in [0.2, 0.25) is 0 Å². The third kappa shape index (κ3) is 4.17. The summed E-state index contributed by atoms with van der Waals surface area (Å²) in [6, 6.07) is 3.32. The van der Waals surface area contributed by atoms with E-state index in [1.165, 1.54) is 16.9 Å². The average Bonchev–Trinajstić information content (AvgIpc) is 3.50. The number of hydrogen-bond donors (Lipinski definition) is 0. The molecule has 27 heavy (non-hydrogen) atoms. The number of epoxide rings is 1. The molecule has 8 heteroatoms. The van der Waals surface area contributed by atoms with Gasteiger partial charge >= 0.3 is 6.09 Å². The number of allylic oxidation sites excluding steroid dienone is 2. The number of carbonyl (C=O) groups is 2. The van der Waals surface area contributed by atoms with Gasteiger partial charge in [0.1, 0.15) is 13.2 Å². The number of nitrogens with zero attached hydrogens (tertiary/aromatic N) is 3. The molecule has 0 bridgehead atoms. The number of fused-ring (bicyclic) bond motifs is 1. The Morgan fingerprint density at radius 1 is 1.44 bits per heavy atom. The summed E-state index contributed by atoms with van der Waals surface area (Å²) >= 11 is 0. The van der Waals surface area contributed by atoms with Crippen LogP contribution in [0.5, 0.6) is 5.88 Å². The van der Waals surface area contributed by atoms with Crippen molar-refractivity contribution < 1.29 is 23.8 Å². The molecule has 2 amide bonds. The number of rotatable bonds is 7. The Balaban J connectivity index is 1.84. The van der Waals surface area contributed by atoms with Crippen molar-refractivity contribution in [3.05, 3.63) is 49.1 Å². The molecule has 0 radical (unpaired) electrons. The molecule has 0 spiro atoms. The summed E-state index contributed by atoms with van der Waals surface area (Å²) in [6.07, 6.45) is 4.20. The molecule has 3 heterocycles. The van der Waals surface area contributed by atoms with Crippen LogP contribution in [0.15, 0.2) is 49.1 Å². The maximum atomic E-state index is 12.6. The Bertz CT molecular complexity index is 801. The van der Waals surface area contributed by atoms with Gasteiger partial charge in [0.25, 0.3) is 0 Å². The predicted molar refractivity (Wildman–Crippen MR) is 100 cm³/mol. The van der Waals surface area contributed by atoms with Crippen molar-refractivity contribution in [2.75, 3.05) is 43.2 Å². The first-order valence-electron chi connectivity index (χ1n) is 8.42. The summed E-state index contributed by atoms with van der Waals surface area (Å²) in [5.41, 5.74) is 1.18. The second kappa shape index (κ2) is 8.05. The van der Waals surface area contributed by atoms with Gasteiger partial charge in [0.15, 0.2) is 5.82 Å². The Kier molecular flexibility index (Phi) is 5.56. The van der Waals surface area contributed by atoms with Crippen LogP contribution >= 0.6 is 0 Å². The molecule has 0 N–H and O–H groups in total. The van der Waals surface area contributed by atoms with E-state index in [4.69, 9.17) is 14.2 Å². The van der Waals surface area contributed by atoms with E-state index in [2.05, 4.69) is 18.1 Å². The maximum absolute atomic E-state index is 12.6. The second-order valence-corrected chi connectivity index (χ2v) is 5.98. The van der Waals surface area contributed by atoms with Crippen LogP contribution in [0, 0.1) is 0 Å². The predicted octanol–water partition coefficient (Wildman–Crippen LogP) is 2.08. The molecule has 1 saturated heterocycles. The monoisotopic (exact) mass is 371 g/mol. The Morgan fingerprint density at radius 3 is 2.85 bits per heavy atom. The van der Waals surface area contributed by atoms with Crippen LogP contribution in [0.4, 0.5) is 16.3 Å². The van der Waals surface area contributed by atoms with E-state index in [-0.39, 0.29) is 25.2 Å². The fourth-order valence-electron chi connectivity index (χ4n) is 2.65. The highest BCUT2D eigenvalue weighted by atomic mass is 16.6. The van der Waals surface area contributed by atoms with E-state index in [9.17, 15) is 9.59 Å². The second-order valence-electron chi connectivity index (χ2n) is 5.98. The zero-order chi connectivity index (χ0) is 19.4. The van der Waals surface area contributed by atoms with Crippen molar-refractivity contribution in [1.82, 2.24) is 4.98 Å². The average molecular weight is 371 g/mol. The molecule has 1 unspecified atom stereocenters. The normalized spacial score (nSPS) is 18.6. The van der Waals surface area contributed by atoms with Gasteiger partial charge in [-0.3, -0.25) is 14.6 Å². The molecule has 8 nitrogen and oxygen atoms in total. The topological polar surface area (TPSA) is 84.5 Å². The number of carbonyl (C=O) groups excluding carboxylic acids is 2. The summed E-state index contributed by atoms with van der Waals surface area (Å²) in [5, 5.41) is 0. The first-order chi connectivity index (χ1) is 13.1. The van der Waals surface area contributed by atoms with Crippen LogP contribution < -0.4 is 14.5 Å². The van der Waals surface area contributed by atoms with Crippen LogP contribution in [0.3, 0.4) is 0 Å². The minimum atomic E-state index is -0.643. The van der Waals surface area contributed by atoms with Gasteiger partial charge in [-0.1, -0.05) is 31.4 Å². The number of hydrogen-bond acceptors (Lipinski definition) is 6. The third-order valence-corrected chi connectivity index (χ3v) is 4.14. The quantitative estimate of drug-likeness (QED) is 0.539. The highest BCUT2D eigenvalue weighted by Gasteiger charge is 2.38. The molecule has 1 aromatic rings. The Hall–Kier alpha value is -3.13. The third-order valence-electron chi connectivity index (χ3n) is 4.14. The van der Waals surface area contributed by atoms with Crippen molar-refractivity contribution in [2.24, 2.45) is 0 Å². The summed E-state index contributed by atoms with van der Waals surface area (Å²) in [6.45, 7) is 8.15. The highest BCUT2D eigenvalue weighted by molar-refractivity contribution is 6.08. The summed E-state index contributed by atoms with van der Waals surface area (Å²) < 4.78 is 15.7. The molecular formula is C19H21N3O5. The molecule has 0 aliphatic carbocycles. The minimum Gasteiger partial charge on any atom is -0.481 e. The van der Waals surface area contributed by atoms with E-state index in [0.717, 1.165) is 0 Å². The minimum absolute atomic E-state index is 0.00695. The Labute approximate surface area is 157 Å². The van der Waals surface area contributed by atoms with Crippen molar-refractivity contribution in [1.29, 1.82) is 0 Å². The standard InChI is InChI=1S/C19H21N3O5/c1-4-6-13(5-2)11-27-19(24)21-10-17(23)22(9-14-12-26-14)18-15(21)7-8-16(20-18)25-3/h4-8,14H,1-2,9-12H2,3H3/b13-6+.